The van der Waals surface area contributed by atoms with Crippen molar-refractivity contribution < 1.29 is 28.6 Å². The number of unbranched alkanes of at least 4 members (excludes halogenated alkanes) is 33. The van der Waals surface area contributed by atoms with Crippen molar-refractivity contribution in [2.45, 2.75) is 309 Å². The van der Waals surface area contributed by atoms with Crippen LogP contribution in [0.1, 0.15) is 303 Å². The van der Waals surface area contributed by atoms with Crippen LogP contribution in [0.4, 0.5) is 0 Å². The number of hydrogen-bond acceptors (Lipinski definition) is 6. The van der Waals surface area contributed by atoms with E-state index in [1.54, 1.807) is 0 Å². The Morgan fingerprint density at radius 2 is 0.551 bits per heavy atom. The standard InChI is InChI=1S/C63H112O6/c1-4-7-10-13-16-19-21-23-24-25-26-27-28-29-30-31-32-33-34-35-36-37-38-40-41-44-47-50-53-56-62(65)68-59-60(58-67-61(64)55-52-49-46-43-18-15-12-9-6-3)69-63(66)57-54-51-48-45-42-39-22-20-17-14-11-8-5-2/h11,14,20-23,25-26,28-29,60H,4-10,12-13,15-19,24,27,30-59H2,1-3H3/b14-11-,22-20-,23-21-,26-25-,29-28-. The topological polar surface area (TPSA) is 78.9 Å². The summed E-state index contributed by atoms with van der Waals surface area (Å²) in [4.78, 5) is 38.0. The summed E-state index contributed by atoms with van der Waals surface area (Å²) in [5.74, 6) is -0.886. The van der Waals surface area contributed by atoms with Crippen LogP contribution in [0, 0.1) is 0 Å². The average molecular weight is 966 g/mol. The average Bonchev–Trinajstić information content (AvgIpc) is 3.35. The predicted molar refractivity (Wildman–Crippen MR) is 298 cm³/mol. The molecule has 0 N–H and O–H groups in total. The molecule has 0 heterocycles. The lowest BCUT2D eigenvalue weighted by molar-refractivity contribution is -0.167. The molecule has 1 atom stereocenters. The van der Waals surface area contributed by atoms with Crippen molar-refractivity contribution in [1.82, 2.24) is 0 Å². The van der Waals surface area contributed by atoms with Gasteiger partial charge < -0.3 is 14.2 Å². The van der Waals surface area contributed by atoms with Crippen LogP contribution in [-0.2, 0) is 28.6 Å². The Kier molecular flexibility index (Phi) is 55.3. The zero-order chi connectivity index (χ0) is 50.0. The molecule has 6 nitrogen and oxygen atoms in total. The van der Waals surface area contributed by atoms with Crippen molar-refractivity contribution in [2.24, 2.45) is 0 Å². The normalized spacial score (nSPS) is 12.4. The molecule has 0 aliphatic rings. The van der Waals surface area contributed by atoms with Crippen LogP contribution in [0.5, 0.6) is 0 Å². The molecule has 0 aromatic rings. The van der Waals surface area contributed by atoms with Crippen molar-refractivity contribution >= 4 is 17.9 Å². The van der Waals surface area contributed by atoms with Gasteiger partial charge in [0, 0.05) is 19.3 Å². The molecular weight excluding hydrogens is 853 g/mol. The maximum Gasteiger partial charge on any atom is 0.306 e. The molecule has 0 radical (unpaired) electrons. The molecule has 69 heavy (non-hydrogen) atoms. The minimum Gasteiger partial charge on any atom is -0.462 e. The molecule has 0 fully saturated rings. The molecule has 1 unspecified atom stereocenters. The van der Waals surface area contributed by atoms with Gasteiger partial charge in [-0.1, -0.05) is 261 Å². The minimum atomic E-state index is -0.778. The second-order valence-electron chi connectivity index (χ2n) is 19.9. The third-order valence-corrected chi connectivity index (χ3v) is 13.0. The second-order valence-corrected chi connectivity index (χ2v) is 19.9. The molecule has 0 bridgehead atoms. The van der Waals surface area contributed by atoms with Crippen LogP contribution in [0.3, 0.4) is 0 Å². The molecular formula is C63H112O6. The molecule has 0 rings (SSSR count). The quantitative estimate of drug-likeness (QED) is 0.0262. The van der Waals surface area contributed by atoms with Gasteiger partial charge in [-0.05, 0) is 83.5 Å². The van der Waals surface area contributed by atoms with E-state index in [4.69, 9.17) is 14.2 Å². The molecule has 0 aromatic heterocycles. The van der Waals surface area contributed by atoms with Crippen LogP contribution in [0.25, 0.3) is 0 Å². The highest BCUT2D eigenvalue weighted by Crippen LogP contribution is 2.16. The van der Waals surface area contributed by atoms with Crippen molar-refractivity contribution in [3.8, 4) is 0 Å². The molecule has 0 aliphatic carbocycles. The van der Waals surface area contributed by atoms with Gasteiger partial charge in [-0.15, -0.1) is 0 Å². The largest absolute Gasteiger partial charge is 0.462 e. The predicted octanol–water partition coefficient (Wildman–Crippen LogP) is 20.0. The summed E-state index contributed by atoms with van der Waals surface area (Å²) < 4.78 is 16.8. The van der Waals surface area contributed by atoms with Crippen molar-refractivity contribution in [3.05, 3.63) is 60.8 Å². The number of allylic oxidation sites excluding steroid dienone is 10. The second kappa shape index (κ2) is 57.7. The fraction of sp³-hybridized carbons (Fsp3) is 0.794. The lowest BCUT2D eigenvalue weighted by atomic mass is 10.0. The van der Waals surface area contributed by atoms with E-state index in [-0.39, 0.29) is 31.1 Å². The highest BCUT2D eigenvalue weighted by molar-refractivity contribution is 5.71. The Morgan fingerprint density at radius 3 is 0.870 bits per heavy atom. The molecule has 0 aromatic carbocycles. The zero-order valence-corrected chi connectivity index (χ0v) is 45.8. The third kappa shape index (κ3) is 55.9. The van der Waals surface area contributed by atoms with Gasteiger partial charge in [0.1, 0.15) is 13.2 Å². The highest BCUT2D eigenvalue weighted by atomic mass is 16.6. The fourth-order valence-electron chi connectivity index (χ4n) is 8.49. The number of hydrogen-bond donors (Lipinski definition) is 0. The minimum absolute atomic E-state index is 0.0774. The van der Waals surface area contributed by atoms with Gasteiger partial charge in [0.2, 0.25) is 0 Å². The summed E-state index contributed by atoms with van der Waals surface area (Å²) in [5, 5.41) is 0. The highest BCUT2D eigenvalue weighted by Gasteiger charge is 2.19. The summed E-state index contributed by atoms with van der Waals surface area (Å²) in [6.07, 6.45) is 72.4. The monoisotopic (exact) mass is 965 g/mol. The molecule has 400 valence electrons. The summed E-state index contributed by atoms with van der Waals surface area (Å²) in [6, 6.07) is 0. The molecule has 0 spiro atoms. The maximum absolute atomic E-state index is 12.8. The Labute approximate surface area is 428 Å². The first-order chi connectivity index (χ1) is 34.0. The van der Waals surface area contributed by atoms with Crippen molar-refractivity contribution in [2.75, 3.05) is 13.2 Å². The van der Waals surface area contributed by atoms with E-state index in [1.165, 1.54) is 161 Å². The van der Waals surface area contributed by atoms with Crippen LogP contribution < -0.4 is 0 Å². The summed E-state index contributed by atoms with van der Waals surface area (Å²) >= 11 is 0. The number of carbonyl (C=O) groups excluding carboxylic acids is 3. The molecule has 0 saturated carbocycles. The number of rotatable bonds is 54. The summed E-state index contributed by atoms with van der Waals surface area (Å²) in [7, 11) is 0. The van der Waals surface area contributed by atoms with E-state index in [9.17, 15) is 14.4 Å². The van der Waals surface area contributed by atoms with Crippen molar-refractivity contribution in [1.29, 1.82) is 0 Å². The smallest absolute Gasteiger partial charge is 0.306 e. The molecule has 6 heteroatoms. The van der Waals surface area contributed by atoms with Crippen LogP contribution in [0.15, 0.2) is 60.8 Å². The van der Waals surface area contributed by atoms with Gasteiger partial charge in [0.25, 0.3) is 0 Å². The first-order valence-corrected chi connectivity index (χ1v) is 29.8. The third-order valence-electron chi connectivity index (χ3n) is 13.0. The lowest BCUT2D eigenvalue weighted by Crippen LogP contribution is -2.30. The van der Waals surface area contributed by atoms with E-state index >= 15 is 0 Å². The molecule has 0 amide bonds. The lowest BCUT2D eigenvalue weighted by Gasteiger charge is -2.18. The maximum atomic E-state index is 12.8. The molecule has 0 aliphatic heterocycles. The van der Waals surface area contributed by atoms with E-state index in [2.05, 4.69) is 81.5 Å². The first kappa shape index (κ1) is 66.1. The number of ether oxygens (including phenoxy) is 3. The van der Waals surface area contributed by atoms with E-state index in [1.807, 2.05) is 0 Å². The Morgan fingerprint density at radius 1 is 0.290 bits per heavy atom. The number of carbonyl (C=O) groups is 3. The van der Waals surface area contributed by atoms with Crippen molar-refractivity contribution in [3.63, 3.8) is 0 Å². The zero-order valence-electron chi connectivity index (χ0n) is 45.8. The number of esters is 3. The summed E-state index contributed by atoms with van der Waals surface area (Å²) in [6.45, 7) is 6.55. The Bertz CT molecular complexity index is 1250. The van der Waals surface area contributed by atoms with Gasteiger partial charge in [0.15, 0.2) is 6.10 Å². The SMILES string of the molecule is CCC/C=C\C/C=C\CCCCCCCC(=O)OC(COC(=O)CCCCCCCCCCC)COC(=O)CCCCCCCCCCCCCCCC/C=C\C/C=C\C/C=C\CCCCCCC. The van der Waals surface area contributed by atoms with E-state index < -0.39 is 6.10 Å². The Hall–Kier alpha value is -2.89. The van der Waals surface area contributed by atoms with Gasteiger partial charge in [-0.3, -0.25) is 14.4 Å². The Balaban J connectivity index is 4.11. The van der Waals surface area contributed by atoms with Gasteiger partial charge in [-0.2, -0.15) is 0 Å². The fourth-order valence-corrected chi connectivity index (χ4v) is 8.49. The van der Waals surface area contributed by atoms with E-state index in [0.29, 0.717) is 19.3 Å². The van der Waals surface area contributed by atoms with Crippen LogP contribution in [0.2, 0.25) is 0 Å². The van der Waals surface area contributed by atoms with Gasteiger partial charge in [-0.25, -0.2) is 0 Å². The van der Waals surface area contributed by atoms with Gasteiger partial charge >= 0.3 is 17.9 Å². The summed E-state index contributed by atoms with van der Waals surface area (Å²) in [5.41, 5.74) is 0. The molecule has 0 saturated heterocycles. The van der Waals surface area contributed by atoms with E-state index in [0.717, 1.165) is 103 Å². The van der Waals surface area contributed by atoms with Gasteiger partial charge in [0.05, 0.1) is 0 Å². The van der Waals surface area contributed by atoms with Crippen LogP contribution in [-0.4, -0.2) is 37.2 Å². The first-order valence-electron chi connectivity index (χ1n) is 29.8. The van der Waals surface area contributed by atoms with Crippen LogP contribution >= 0.6 is 0 Å².